The highest BCUT2D eigenvalue weighted by molar-refractivity contribution is 5.96. The molecule has 0 spiro atoms. The Labute approximate surface area is 174 Å². The molecule has 148 valence electrons. The molecule has 30 heavy (non-hydrogen) atoms. The van der Waals surface area contributed by atoms with Crippen LogP contribution in [0.3, 0.4) is 0 Å². The van der Waals surface area contributed by atoms with E-state index in [0.717, 1.165) is 11.1 Å². The molecule has 4 rings (SSSR count). The molecular formula is C25H20N2O3. The maximum Gasteiger partial charge on any atom is 0.267 e. The van der Waals surface area contributed by atoms with E-state index >= 15 is 0 Å². The number of carbonyl (C=O) groups is 1. The van der Waals surface area contributed by atoms with Gasteiger partial charge in [0.1, 0.15) is 17.2 Å². The zero-order valence-electron chi connectivity index (χ0n) is 16.7. The molecule has 0 aliphatic rings. The zero-order chi connectivity index (χ0) is 21.1. The molecule has 1 heterocycles. The van der Waals surface area contributed by atoms with Crippen molar-refractivity contribution in [2.75, 3.05) is 0 Å². The summed E-state index contributed by atoms with van der Waals surface area (Å²) in [6, 6.07) is 25.8. The average Bonchev–Trinajstić information content (AvgIpc) is 2.76. The monoisotopic (exact) mass is 396 g/mol. The summed E-state index contributed by atoms with van der Waals surface area (Å²) in [6.45, 7) is 1.52. The number of rotatable bonds is 5. The van der Waals surface area contributed by atoms with E-state index in [4.69, 9.17) is 4.74 Å². The van der Waals surface area contributed by atoms with Crippen molar-refractivity contribution in [1.29, 1.82) is 0 Å². The fourth-order valence-corrected chi connectivity index (χ4v) is 3.23. The van der Waals surface area contributed by atoms with Crippen LogP contribution < -0.4 is 10.3 Å². The third-order valence-electron chi connectivity index (χ3n) is 4.79. The highest BCUT2D eigenvalue weighted by atomic mass is 16.5. The Morgan fingerprint density at radius 2 is 1.60 bits per heavy atom. The van der Waals surface area contributed by atoms with Gasteiger partial charge in [0, 0.05) is 29.8 Å². The SMILES string of the molecule is CC(=O)c1cccc(-c2cc(=O)n(C)nc2-c2ccccc2Oc2ccccc2)c1. The first-order chi connectivity index (χ1) is 14.5. The smallest absolute Gasteiger partial charge is 0.267 e. The molecule has 3 aromatic carbocycles. The lowest BCUT2D eigenvalue weighted by atomic mass is 9.97. The van der Waals surface area contributed by atoms with Gasteiger partial charge >= 0.3 is 0 Å². The van der Waals surface area contributed by atoms with Gasteiger partial charge in [-0.2, -0.15) is 5.10 Å². The number of benzene rings is 3. The number of Topliss-reactive ketones (excluding diaryl/α,β-unsaturated/α-hetero) is 1. The Morgan fingerprint density at radius 1 is 0.867 bits per heavy atom. The Bertz CT molecular complexity index is 1280. The largest absolute Gasteiger partial charge is 0.457 e. The van der Waals surface area contributed by atoms with Crippen molar-refractivity contribution < 1.29 is 9.53 Å². The molecule has 0 aliphatic carbocycles. The van der Waals surface area contributed by atoms with Crippen LogP contribution in [-0.2, 0) is 7.05 Å². The van der Waals surface area contributed by atoms with E-state index < -0.39 is 0 Å². The van der Waals surface area contributed by atoms with Crippen LogP contribution in [0.25, 0.3) is 22.4 Å². The third kappa shape index (κ3) is 3.91. The standard InChI is InChI=1S/C25H20N2O3/c1-17(28)18-9-8-10-19(15-18)22-16-24(29)27(2)26-25(22)21-13-6-7-14-23(21)30-20-11-4-3-5-12-20/h3-16H,1-2H3. The molecule has 0 bridgehead atoms. The molecule has 0 aliphatic heterocycles. The number of hydrogen-bond donors (Lipinski definition) is 0. The van der Waals surface area contributed by atoms with Crippen LogP contribution in [-0.4, -0.2) is 15.6 Å². The van der Waals surface area contributed by atoms with Crippen LogP contribution in [0, 0.1) is 0 Å². The molecule has 0 radical (unpaired) electrons. The van der Waals surface area contributed by atoms with Crippen LogP contribution in [0.5, 0.6) is 11.5 Å². The van der Waals surface area contributed by atoms with Gasteiger partial charge in [0.15, 0.2) is 5.78 Å². The zero-order valence-corrected chi connectivity index (χ0v) is 16.7. The minimum absolute atomic E-state index is 0.0389. The molecule has 4 aromatic rings. The number of hydrogen-bond acceptors (Lipinski definition) is 4. The Hall–Kier alpha value is -3.99. The average molecular weight is 396 g/mol. The summed E-state index contributed by atoms with van der Waals surface area (Å²) in [4.78, 5) is 24.3. The minimum atomic E-state index is -0.233. The predicted octanol–water partition coefficient (Wildman–Crippen LogP) is 5.11. The van der Waals surface area contributed by atoms with Gasteiger partial charge in [-0.3, -0.25) is 9.59 Å². The van der Waals surface area contributed by atoms with E-state index in [1.807, 2.05) is 60.7 Å². The lowest BCUT2D eigenvalue weighted by molar-refractivity contribution is 0.101. The van der Waals surface area contributed by atoms with Crippen LogP contribution in [0.1, 0.15) is 17.3 Å². The Morgan fingerprint density at radius 3 is 2.37 bits per heavy atom. The summed E-state index contributed by atoms with van der Waals surface area (Å²) < 4.78 is 7.40. The van der Waals surface area contributed by atoms with Gasteiger partial charge < -0.3 is 4.74 Å². The van der Waals surface area contributed by atoms with E-state index in [1.54, 1.807) is 31.3 Å². The lowest BCUT2D eigenvalue weighted by Crippen LogP contribution is -2.19. The van der Waals surface area contributed by atoms with Crippen LogP contribution in [0.2, 0.25) is 0 Å². The minimum Gasteiger partial charge on any atom is -0.457 e. The Balaban J connectivity index is 1.91. The van der Waals surface area contributed by atoms with Gasteiger partial charge in [0.25, 0.3) is 5.56 Å². The normalized spacial score (nSPS) is 10.6. The second-order valence-corrected chi connectivity index (χ2v) is 6.92. The molecule has 0 amide bonds. The number of nitrogens with zero attached hydrogens (tertiary/aromatic N) is 2. The lowest BCUT2D eigenvalue weighted by Gasteiger charge is -2.15. The number of carbonyl (C=O) groups excluding carboxylic acids is 1. The molecular weight excluding hydrogens is 376 g/mol. The van der Waals surface area contributed by atoms with Gasteiger partial charge in [-0.05, 0) is 42.8 Å². The fourth-order valence-electron chi connectivity index (χ4n) is 3.23. The number of ketones is 1. The molecule has 1 aromatic heterocycles. The number of ether oxygens (including phenoxy) is 1. The second kappa shape index (κ2) is 8.17. The topological polar surface area (TPSA) is 61.2 Å². The molecule has 0 saturated carbocycles. The van der Waals surface area contributed by atoms with Gasteiger partial charge in [-0.15, -0.1) is 0 Å². The first kappa shape index (κ1) is 19.3. The Kier molecular flexibility index (Phi) is 5.26. The second-order valence-electron chi connectivity index (χ2n) is 6.92. The van der Waals surface area contributed by atoms with Crippen molar-refractivity contribution in [2.45, 2.75) is 6.92 Å². The molecule has 0 fully saturated rings. The van der Waals surface area contributed by atoms with Crippen molar-refractivity contribution in [3.05, 3.63) is 101 Å². The van der Waals surface area contributed by atoms with Crippen LogP contribution >= 0.6 is 0 Å². The predicted molar refractivity (Wildman–Crippen MR) is 117 cm³/mol. The number of aromatic nitrogens is 2. The van der Waals surface area contributed by atoms with Gasteiger partial charge in [-0.25, -0.2) is 4.68 Å². The van der Waals surface area contributed by atoms with Gasteiger partial charge in [0.2, 0.25) is 0 Å². The van der Waals surface area contributed by atoms with Crippen molar-refractivity contribution in [3.63, 3.8) is 0 Å². The van der Waals surface area contributed by atoms with Crippen molar-refractivity contribution in [1.82, 2.24) is 9.78 Å². The maximum absolute atomic E-state index is 12.4. The maximum atomic E-state index is 12.4. The summed E-state index contributed by atoms with van der Waals surface area (Å²) in [7, 11) is 1.61. The molecule has 0 N–H and O–H groups in total. The van der Waals surface area contributed by atoms with Crippen molar-refractivity contribution >= 4 is 5.78 Å². The first-order valence-corrected chi connectivity index (χ1v) is 9.55. The third-order valence-corrected chi connectivity index (χ3v) is 4.79. The highest BCUT2D eigenvalue weighted by Crippen LogP contribution is 2.37. The molecule has 0 atom stereocenters. The molecule has 0 saturated heterocycles. The first-order valence-electron chi connectivity index (χ1n) is 9.55. The molecule has 0 unspecified atom stereocenters. The summed E-state index contributed by atoms with van der Waals surface area (Å²) in [6.07, 6.45) is 0. The number of aryl methyl sites for hydroxylation is 1. The van der Waals surface area contributed by atoms with E-state index in [-0.39, 0.29) is 11.3 Å². The summed E-state index contributed by atoms with van der Waals surface area (Å²) in [5.41, 5.74) is 3.09. The van der Waals surface area contributed by atoms with E-state index in [0.29, 0.717) is 28.3 Å². The quantitative estimate of drug-likeness (QED) is 0.440. The van der Waals surface area contributed by atoms with E-state index in [9.17, 15) is 9.59 Å². The van der Waals surface area contributed by atoms with Crippen LogP contribution in [0.4, 0.5) is 0 Å². The summed E-state index contributed by atoms with van der Waals surface area (Å²) >= 11 is 0. The fraction of sp³-hybridized carbons (Fsp3) is 0.0800. The summed E-state index contributed by atoms with van der Waals surface area (Å²) in [5, 5.41) is 4.54. The molecule has 5 heteroatoms. The van der Waals surface area contributed by atoms with Crippen molar-refractivity contribution in [3.8, 4) is 33.9 Å². The van der Waals surface area contributed by atoms with E-state index in [2.05, 4.69) is 5.10 Å². The van der Waals surface area contributed by atoms with Gasteiger partial charge in [-0.1, -0.05) is 48.5 Å². The highest BCUT2D eigenvalue weighted by Gasteiger charge is 2.17. The summed E-state index contributed by atoms with van der Waals surface area (Å²) in [5.74, 6) is 1.29. The van der Waals surface area contributed by atoms with Gasteiger partial charge in [0.05, 0.1) is 0 Å². The van der Waals surface area contributed by atoms with E-state index in [1.165, 1.54) is 11.6 Å². The van der Waals surface area contributed by atoms with Crippen molar-refractivity contribution in [2.24, 2.45) is 7.05 Å². The van der Waals surface area contributed by atoms with Crippen LogP contribution in [0.15, 0.2) is 89.7 Å². The number of para-hydroxylation sites is 2. The molecule has 5 nitrogen and oxygen atoms in total.